The summed E-state index contributed by atoms with van der Waals surface area (Å²) in [6.45, 7) is 0.976. The highest BCUT2D eigenvalue weighted by Gasteiger charge is 2.27. The Morgan fingerprint density at radius 2 is 1.73 bits per heavy atom. The molecule has 1 N–H and O–H groups in total. The second-order valence-electron chi connectivity index (χ2n) is 8.48. The minimum absolute atomic E-state index is 0.00831. The Morgan fingerprint density at radius 1 is 1.05 bits per heavy atom. The van der Waals surface area contributed by atoms with Crippen LogP contribution in [-0.4, -0.2) is 53.4 Å². The Balaban J connectivity index is 1.44. The van der Waals surface area contributed by atoms with Crippen LogP contribution >= 0.6 is 0 Å². The van der Waals surface area contributed by atoms with E-state index >= 15 is 0 Å². The van der Waals surface area contributed by atoms with Gasteiger partial charge in [0.2, 0.25) is 10.0 Å². The van der Waals surface area contributed by atoms with Crippen molar-refractivity contribution in [3.8, 4) is 17.0 Å². The van der Waals surface area contributed by atoms with Gasteiger partial charge >= 0.3 is 0 Å². The van der Waals surface area contributed by atoms with E-state index in [0.717, 1.165) is 17.4 Å². The molecule has 0 saturated carbocycles. The van der Waals surface area contributed by atoms with E-state index in [-0.39, 0.29) is 21.8 Å². The molecule has 12 heteroatoms. The molecule has 3 heterocycles. The Bertz CT molecular complexity index is 1550. The van der Waals surface area contributed by atoms with E-state index in [1.165, 1.54) is 47.9 Å². The highest BCUT2D eigenvalue weighted by Crippen LogP contribution is 2.28. The number of hydrogen-bond donors (Lipinski definition) is 1. The number of nitrogens with zero attached hydrogens (tertiary/aromatic N) is 4. The molecule has 2 aromatic heterocycles. The molecule has 0 radical (unpaired) electrons. The van der Waals surface area contributed by atoms with Crippen LogP contribution < -0.4 is 10.1 Å². The van der Waals surface area contributed by atoms with Crippen LogP contribution in [0.3, 0.4) is 0 Å². The van der Waals surface area contributed by atoms with Crippen molar-refractivity contribution in [2.24, 2.45) is 0 Å². The lowest BCUT2D eigenvalue weighted by molar-refractivity contribution is 0.102. The highest BCUT2D eigenvalue weighted by atomic mass is 32.2. The first kappa shape index (κ1) is 24.8. The number of alkyl halides is 2. The quantitative estimate of drug-likeness (QED) is 0.382. The van der Waals surface area contributed by atoms with Crippen LogP contribution in [0.5, 0.6) is 5.75 Å². The third-order valence-corrected chi connectivity index (χ3v) is 8.08. The van der Waals surface area contributed by atoms with Crippen LogP contribution in [0.15, 0.2) is 65.7 Å². The van der Waals surface area contributed by atoms with Crippen molar-refractivity contribution in [2.75, 3.05) is 25.5 Å². The Labute approximate surface area is 211 Å². The number of carbonyl (C=O) groups excluding carboxylic acids is 1. The zero-order chi connectivity index (χ0) is 26.2. The third-order valence-electron chi connectivity index (χ3n) is 6.17. The van der Waals surface area contributed by atoms with Crippen molar-refractivity contribution in [3.63, 3.8) is 0 Å². The molecule has 192 valence electrons. The number of nitrogens with one attached hydrogen (secondary N) is 1. The van der Waals surface area contributed by atoms with Crippen molar-refractivity contribution >= 4 is 27.3 Å². The van der Waals surface area contributed by atoms with Crippen LogP contribution in [0.1, 0.15) is 35.3 Å². The molecule has 4 aromatic rings. The number of anilines is 1. The number of benzene rings is 2. The Morgan fingerprint density at radius 3 is 2.35 bits per heavy atom. The van der Waals surface area contributed by atoms with Crippen molar-refractivity contribution < 1.29 is 26.7 Å². The number of aromatic nitrogens is 3. The number of amides is 1. The zero-order valence-corrected chi connectivity index (χ0v) is 20.6. The molecule has 9 nitrogen and oxygen atoms in total. The van der Waals surface area contributed by atoms with Gasteiger partial charge in [0.25, 0.3) is 12.3 Å². The van der Waals surface area contributed by atoms with Gasteiger partial charge in [0.15, 0.2) is 5.65 Å². The molecule has 0 bridgehead atoms. The molecule has 5 rings (SSSR count). The third kappa shape index (κ3) is 4.77. The van der Waals surface area contributed by atoms with Gasteiger partial charge in [-0.25, -0.2) is 26.7 Å². The second-order valence-corrected chi connectivity index (χ2v) is 10.4. The normalized spacial score (nSPS) is 14.4. The lowest BCUT2D eigenvalue weighted by atomic mass is 10.1. The highest BCUT2D eigenvalue weighted by molar-refractivity contribution is 7.89. The number of halogens is 2. The van der Waals surface area contributed by atoms with E-state index < -0.39 is 28.0 Å². The van der Waals surface area contributed by atoms with E-state index in [4.69, 9.17) is 4.74 Å². The smallest absolute Gasteiger partial charge is 0.280 e. The molecule has 1 amide bonds. The minimum atomic E-state index is -3.59. The van der Waals surface area contributed by atoms with Crippen LogP contribution in [0.4, 0.5) is 14.5 Å². The number of carbonyl (C=O) groups is 1. The average molecular weight is 528 g/mol. The Kier molecular flexibility index (Phi) is 6.61. The van der Waals surface area contributed by atoms with Gasteiger partial charge in [-0.2, -0.15) is 9.40 Å². The second kappa shape index (κ2) is 9.87. The summed E-state index contributed by atoms with van der Waals surface area (Å²) in [5.41, 5.74) is 0.695. The monoisotopic (exact) mass is 527 g/mol. The summed E-state index contributed by atoms with van der Waals surface area (Å²) in [5.74, 6) is -0.0210. The van der Waals surface area contributed by atoms with Gasteiger partial charge in [-0.3, -0.25) is 4.79 Å². The van der Waals surface area contributed by atoms with Crippen molar-refractivity contribution in [1.82, 2.24) is 18.9 Å². The van der Waals surface area contributed by atoms with Crippen LogP contribution in [0.25, 0.3) is 16.9 Å². The van der Waals surface area contributed by atoms with Crippen LogP contribution in [0.2, 0.25) is 0 Å². The van der Waals surface area contributed by atoms with Crippen LogP contribution in [-0.2, 0) is 10.0 Å². The Hall–Kier alpha value is -3.90. The number of hydrogen-bond acceptors (Lipinski definition) is 6. The van der Waals surface area contributed by atoms with Gasteiger partial charge in [-0.05, 0) is 67.4 Å². The summed E-state index contributed by atoms with van der Waals surface area (Å²) >= 11 is 0. The largest absolute Gasteiger partial charge is 0.497 e. The molecule has 0 atom stereocenters. The van der Waals surface area contributed by atoms with E-state index in [2.05, 4.69) is 15.4 Å². The first-order chi connectivity index (χ1) is 17.8. The van der Waals surface area contributed by atoms with Gasteiger partial charge in [0.05, 0.1) is 23.9 Å². The SMILES string of the molecule is COc1ccc(-c2cc(C(F)F)n3ncc(C(=O)Nc4ccc(S(=O)(=O)N5CCCC5)cc4)c3n2)cc1. The van der Waals surface area contributed by atoms with E-state index in [1.54, 1.807) is 24.3 Å². The molecule has 0 aliphatic carbocycles. The maximum Gasteiger partial charge on any atom is 0.280 e. The molecule has 2 aromatic carbocycles. The molecular weight excluding hydrogens is 504 g/mol. The van der Waals surface area contributed by atoms with E-state index in [1.807, 2.05) is 0 Å². The number of sulfonamides is 1. The first-order valence-corrected chi connectivity index (χ1v) is 12.9. The van der Waals surface area contributed by atoms with Crippen molar-refractivity contribution in [1.29, 1.82) is 0 Å². The topological polar surface area (TPSA) is 106 Å². The fraction of sp³-hybridized carbons (Fsp3) is 0.240. The van der Waals surface area contributed by atoms with Gasteiger partial charge in [0, 0.05) is 24.3 Å². The molecular formula is C25H23F2N5O4S. The predicted octanol–water partition coefficient (Wildman–Crippen LogP) is 4.38. The summed E-state index contributed by atoms with van der Waals surface area (Å²) < 4.78 is 60.7. The summed E-state index contributed by atoms with van der Waals surface area (Å²) in [4.78, 5) is 17.6. The number of ether oxygens (including phenoxy) is 1. The standard InChI is InChI=1S/C25H23F2N5O4S/c1-36-18-8-4-16(5-9-18)21-14-22(23(26)27)32-24(30-21)20(15-28-32)25(33)29-17-6-10-19(11-7-17)37(34,35)31-12-2-3-13-31/h4-11,14-15,23H,2-3,12-13H2,1H3,(H,29,33). The number of methoxy groups -OCH3 is 1. The first-order valence-electron chi connectivity index (χ1n) is 11.5. The average Bonchev–Trinajstić information content (AvgIpc) is 3.59. The summed E-state index contributed by atoms with van der Waals surface area (Å²) in [6.07, 6.45) is -0.0280. The maximum absolute atomic E-state index is 13.9. The fourth-order valence-corrected chi connectivity index (χ4v) is 5.71. The van der Waals surface area contributed by atoms with Crippen LogP contribution in [0, 0.1) is 0 Å². The van der Waals surface area contributed by atoms with E-state index in [0.29, 0.717) is 30.1 Å². The van der Waals surface area contributed by atoms with Gasteiger partial charge in [-0.15, -0.1) is 0 Å². The fourth-order valence-electron chi connectivity index (χ4n) is 4.20. The molecule has 1 aliphatic rings. The number of rotatable bonds is 7. The molecule has 0 unspecified atom stereocenters. The maximum atomic E-state index is 13.9. The molecule has 1 aliphatic heterocycles. The molecule has 37 heavy (non-hydrogen) atoms. The summed E-state index contributed by atoms with van der Waals surface area (Å²) in [5, 5.41) is 6.63. The zero-order valence-electron chi connectivity index (χ0n) is 19.8. The van der Waals surface area contributed by atoms with E-state index in [9.17, 15) is 22.0 Å². The lowest BCUT2D eigenvalue weighted by Gasteiger charge is -2.15. The minimum Gasteiger partial charge on any atom is -0.497 e. The van der Waals surface area contributed by atoms with Crippen molar-refractivity contribution in [2.45, 2.75) is 24.2 Å². The van der Waals surface area contributed by atoms with Gasteiger partial charge in [-0.1, -0.05) is 0 Å². The van der Waals surface area contributed by atoms with Gasteiger partial charge < -0.3 is 10.1 Å². The lowest BCUT2D eigenvalue weighted by Crippen LogP contribution is -2.27. The molecule has 0 spiro atoms. The molecule has 1 fully saturated rings. The summed E-state index contributed by atoms with van der Waals surface area (Å²) in [7, 11) is -2.07. The molecule has 1 saturated heterocycles. The number of fused-ring (bicyclic) bond motifs is 1. The van der Waals surface area contributed by atoms with Crippen molar-refractivity contribution in [3.05, 3.63) is 72.1 Å². The predicted molar refractivity (Wildman–Crippen MR) is 132 cm³/mol. The summed E-state index contributed by atoms with van der Waals surface area (Å²) in [6, 6.07) is 13.8. The van der Waals surface area contributed by atoms with Gasteiger partial charge in [0.1, 0.15) is 17.0 Å².